The molecule has 0 radical (unpaired) electrons. The first-order chi connectivity index (χ1) is 9.31. The van der Waals surface area contributed by atoms with Gasteiger partial charge in [-0.2, -0.15) is 0 Å². The maximum absolute atomic E-state index is 2.41. The molecule has 2 rings (SSSR count). The smallest absolute Gasteiger partial charge is 0.0654 e. The van der Waals surface area contributed by atoms with Gasteiger partial charge in [-0.15, -0.1) is 0 Å². The van der Waals surface area contributed by atoms with E-state index < -0.39 is 8.80 Å². The molecule has 0 N–H and O–H groups in total. The summed E-state index contributed by atoms with van der Waals surface area (Å²) in [5.74, 6) is 0.835. The van der Waals surface area contributed by atoms with Gasteiger partial charge in [0.05, 0.1) is 0 Å². The summed E-state index contributed by atoms with van der Waals surface area (Å²) in [5, 5.41) is 3.16. The van der Waals surface area contributed by atoms with Crippen LogP contribution in [0.5, 0.6) is 0 Å². The predicted octanol–water partition coefficient (Wildman–Crippen LogP) is 3.46. The molecule has 0 aliphatic carbocycles. The molecule has 100 valence electrons. The number of hydrogen-bond acceptors (Lipinski definition) is 0. The second-order valence-electron chi connectivity index (χ2n) is 5.50. The number of hydrogen-bond donors (Lipinski definition) is 0. The van der Waals surface area contributed by atoms with Crippen molar-refractivity contribution < 1.29 is 0 Å². The summed E-state index contributed by atoms with van der Waals surface area (Å²) in [6, 6.07) is 23.6. The van der Waals surface area contributed by atoms with Crippen LogP contribution in [-0.4, -0.2) is 8.80 Å². The minimum absolute atomic E-state index is 0.835. The van der Waals surface area contributed by atoms with Gasteiger partial charge < -0.3 is 0 Å². The second-order valence-corrected chi connectivity index (χ2v) is 8.41. The molecule has 0 saturated carbocycles. The number of rotatable bonds is 6. The Bertz CT molecular complexity index is 424. The summed E-state index contributed by atoms with van der Waals surface area (Å²) in [5.41, 5.74) is 0. The van der Waals surface area contributed by atoms with Crippen molar-refractivity contribution in [3.05, 3.63) is 60.7 Å². The Morgan fingerprint density at radius 2 is 1.32 bits per heavy atom. The quantitative estimate of drug-likeness (QED) is 0.704. The van der Waals surface area contributed by atoms with Crippen LogP contribution in [0.3, 0.4) is 0 Å². The van der Waals surface area contributed by atoms with Gasteiger partial charge in [-0.1, -0.05) is 97.7 Å². The molecule has 0 bridgehead atoms. The zero-order valence-electron chi connectivity index (χ0n) is 12.0. The van der Waals surface area contributed by atoms with Crippen molar-refractivity contribution >= 4 is 19.2 Å². The van der Waals surface area contributed by atoms with Crippen molar-refractivity contribution in [2.45, 2.75) is 32.7 Å². The van der Waals surface area contributed by atoms with Crippen LogP contribution in [0.4, 0.5) is 0 Å². The average Bonchev–Trinajstić information content (AvgIpc) is 2.47. The van der Waals surface area contributed by atoms with Gasteiger partial charge in [-0.25, -0.2) is 0 Å². The average molecular weight is 268 g/mol. The first-order valence-corrected chi connectivity index (χ1v) is 9.38. The highest BCUT2D eigenvalue weighted by atomic mass is 28.3. The van der Waals surface area contributed by atoms with E-state index in [1.165, 1.54) is 18.9 Å². The monoisotopic (exact) mass is 268 g/mol. The van der Waals surface area contributed by atoms with Crippen LogP contribution in [0.15, 0.2) is 60.7 Å². The highest BCUT2D eigenvalue weighted by molar-refractivity contribution is 6.85. The molecule has 0 aliphatic rings. The van der Waals surface area contributed by atoms with Crippen LogP contribution in [0.2, 0.25) is 6.04 Å². The summed E-state index contributed by atoms with van der Waals surface area (Å²) < 4.78 is 0. The van der Waals surface area contributed by atoms with Gasteiger partial charge in [-0.3, -0.25) is 0 Å². The Morgan fingerprint density at radius 3 is 1.74 bits per heavy atom. The zero-order chi connectivity index (χ0) is 13.5. The molecule has 0 amide bonds. The zero-order valence-corrected chi connectivity index (χ0v) is 13.2. The normalized spacial score (nSPS) is 12.6. The molecule has 1 atom stereocenters. The lowest BCUT2D eigenvalue weighted by Crippen LogP contribution is -2.43. The predicted molar refractivity (Wildman–Crippen MR) is 88.2 cm³/mol. The molecule has 0 aromatic heterocycles. The molecule has 0 fully saturated rings. The van der Waals surface area contributed by atoms with Gasteiger partial charge in [-0.05, 0) is 12.0 Å². The molecule has 2 aromatic carbocycles. The molecule has 1 heteroatoms. The second kappa shape index (κ2) is 7.30. The molecule has 0 spiro atoms. The molecular formula is C18H24Si. The first kappa shape index (κ1) is 14.1. The Hall–Kier alpha value is -1.34. The maximum Gasteiger partial charge on any atom is 0.103 e. The van der Waals surface area contributed by atoms with Crippen molar-refractivity contribution in [1.82, 2.24) is 0 Å². The molecule has 2 aromatic rings. The fourth-order valence-corrected chi connectivity index (χ4v) is 6.19. The third kappa shape index (κ3) is 4.07. The Labute approximate surface area is 119 Å². The van der Waals surface area contributed by atoms with Crippen LogP contribution in [-0.2, 0) is 0 Å². The van der Waals surface area contributed by atoms with Crippen molar-refractivity contribution in [3.8, 4) is 0 Å². The van der Waals surface area contributed by atoms with E-state index >= 15 is 0 Å². The third-order valence-corrected chi connectivity index (χ3v) is 7.48. The van der Waals surface area contributed by atoms with E-state index in [-0.39, 0.29) is 0 Å². The molecule has 0 nitrogen and oxygen atoms in total. The van der Waals surface area contributed by atoms with E-state index in [1.54, 1.807) is 10.4 Å². The minimum Gasteiger partial charge on any atom is -0.0654 e. The van der Waals surface area contributed by atoms with E-state index in [0.717, 1.165) is 5.92 Å². The van der Waals surface area contributed by atoms with E-state index in [0.29, 0.717) is 0 Å². The third-order valence-electron chi connectivity index (χ3n) is 3.82. The molecule has 0 heterocycles. The van der Waals surface area contributed by atoms with Gasteiger partial charge >= 0.3 is 0 Å². The lowest BCUT2D eigenvalue weighted by atomic mass is 10.1. The summed E-state index contributed by atoms with van der Waals surface area (Å²) in [4.78, 5) is 0. The van der Waals surface area contributed by atoms with Crippen LogP contribution in [0, 0.1) is 5.92 Å². The highest BCUT2D eigenvalue weighted by Gasteiger charge is 2.18. The van der Waals surface area contributed by atoms with Gasteiger partial charge in [0.2, 0.25) is 0 Å². The Morgan fingerprint density at radius 1 is 0.842 bits per heavy atom. The Kier molecular flexibility index (Phi) is 5.40. The van der Waals surface area contributed by atoms with Gasteiger partial charge in [0.1, 0.15) is 8.80 Å². The molecular weight excluding hydrogens is 244 g/mol. The minimum atomic E-state index is -1.04. The van der Waals surface area contributed by atoms with Crippen molar-refractivity contribution in [2.24, 2.45) is 5.92 Å². The lowest BCUT2D eigenvalue weighted by molar-refractivity contribution is 0.573. The molecule has 0 aliphatic heterocycles. The molecule has 19 heavy (non-hydrogen) atoms. The van der Waals surface area contributed by atoms with Crippen molar-refractivity contribution in [1.29, 1.82) is 0 Å². The number of benzene rings is 2. The SMILES string of the molecule is CCCC(C)C[SiH](c1ccccc1)c1ccccc1. The molecule has 1 unspecified atom stereocenters. The van der Waals surface area contributed by atoms with Crippen LogP contribution >= 0.6 is 0 Å². The van der Waals surface area contributed by atoms with Gasteiger partial charge in [0.25, 0.3) is 0 Å². The fourth-order valence-electron chi connectivity index (χ4n) is 2.85. The Balaban J connectivity index is 2.24. The van der Waals surface area contributed by atoms with E-state index in [1.807, 2.05) is 0 Å². The van der Waals surface area contributed by atoms with Gasteiger partial charge in [0, 0.05) is 0 Å². The fraction of sp³-hybridized carbons (Fsp3) is 0.333. The summed E-state index contributed by atoms with van der Waals surface area (Å²) in [6.45, 7) is 4.70. The largest absolute Gasteiger partial charge is 0.103 e. The van der Waals surface area contributed by atoms with Crippen molar-refractivity contribution in [2.75, 3.05) is 0 Å². The van der Waals surface area contributed by atoms with E-state index in [9.17, 15) is 0 Å². The maximum atomic E-state index is 2.41. The van der Waals surface area contributed by atoms with Gasteiger partial charge in [0.15, 0.2) is 0 Å². The lowest BCUT2D eigenvalue weighted by Gasteiger charge is -2.20. The van der Waals surface area contributed by atoms with Crippen LogP contribution < -0.4 is 10.4 Å². The molecule has 0 saturated heterocycles. The standard InChI is InChI=1S/C18H24Si/c1-3-10-16(2)15-19(17-11-6-4-7-12-17)18-13-8-5-9-14-18/h4-9,11-14,16,19H,3,10,15H2,1-2H3. The first-order valence-electron chi connectivity index (χ1n) is 7.41. The van der Waals surface area contributed by atoms with E-state index in [4.69, 9.17) is 0 Å². The topological polar surface area (TPSA) is 0 Å². The van der Waals surface area contributed by atoms with E-state index in [2.05, 4.69) is 74.5 Å². The summed E-state index contributed by atoms with van der Waals surface area (Å²) in [6.07, 6.45) is 2.65. The summed E-state index contributed by atoms with van der Waals surface area (Å²) >= 11 is 0. The van der Waals surface area contributed by atoms with Crippen LogP contribution in [0.1, 0.15) is 26.7 Å². The van der Waals surface area contributed by atoms with Crippen LogP contribution in [0.25, 0.3) is 0 Å². The summed E-state index contributed by atoms with van der Waals surface area (Å²) in [7, 11) is -1.04. The van der Waals surface area contributed by atoms with Crippen molar-refractivity contribution in [3.63, 3.8) is 0 Å². The highest BCUT2D eigenvalue weighted by Crippen LogP contribution is 2.13.